The Balaban J connectivity index is 1.85. The van der Waals surface area contributed by atoms with Gasteiger partial charge in [-0.05, 0) is 6.07 Å². The first-order valence-corrected chi connectivity index (χ1v) is 7.42. The quantitative estimate of drug-likeness (QED) is 0.783. The highest BCUT2D eigenvalue weighted by Crippen LogP contribution is 2.21. The van der Waals surface area contributed by atoms with Gasteiger partial charge in [0.2, 0.25) is 0 Å². The molecule has 1 aromatic heterocycles. The highest BCUT2D eigenvalue weighted by atomic mass is 16.5. The fraction of sp³-hybridized carbons (Fsp3) is 0.438. The van der Waals surface area contributed by atoms with Gasteiger partial charge in [-0.1, -0.05) is 18.2 Å². The fourth-order valence-electron chi connectivity index (χ4n) is 2.97. The average molecular weight is 288 g/mol. The molecule has 1 aromatic carbocycles. The second-order valence-corrected chi connectivity index (χ2v) is 5.53. The Hall–Kier alpha value is -1.85. The first-order valence-electron chi connectivity index (χ1n) is 7.42. The van der Waals surface area contributed by atoms with Crippen LogP contribution < -0.4 is 10.0 Å². The van der Waals surface area contributed by atoms with Crippen molar-refractivity contribution >= 4 is 16.9 Å². The number of ether oxygens (including phenoxy) is 1. The molecule has 0 amide bonds. The largest absolute Gasteiger partial charge is 0.550 e. The average Bonchev–Trinajstić information content (AvgIpc) is 2.85. The molecule has 2 heterocycles. The SMILES string of the molecule is O=C([O-])CCn1cc(C[NH+]2CCOCC2)c2ccccc21. The molecule has 0 atom stereocenters. The molecule has 0 aliphatic carbocycles. The Morgan fingerprint density at radius 1 is 1.29 bits per heavy atom. The Kier molecular flexibility index (Phi) is 4.22. The van der Waals surface area contributed by atoms with Crippen LogP contribution >= 0.6 is 0 Å². The summed E-state index contributed by atoms with van der Waals surface area (Å²) in [7, 11) is 0. The Morgan fingerprint density at radius 3 is 2.81 bits per heavy atom. The lowest BCUT2D eigenvalue weighted by atomic mass is 10.1. The number of aryl methyl sites for hydroxylation is 1. The molecule has 0 spiro atoms. The number of hydrogen-bond acceptors (Lipinski definition) is 3. The Bertz CT molecular complexity index is 629. The van der Waals surface area contributed by atoms with Crippen molar-refractivity contribution in [3.63, 3.8) is 0 Å². The number of quaternary nitrogens is 1. The minimum Gasteiger partial charge on any atom is -0.550 e. The van der Waals surface area contributed by atoms with Gasteiger partial charge in [-0.2, -0.15) is 0 Å². The number of nitrogens with zero attached hydrogens (tertiary/aromatic N) is 1. The summed E-state index contributed by atoms with van der Waals surface area (Å²) in [6.45, 7) is 5.11. The maximum Gasteiger partial charge on any atom is 0.105 e. The van der Waals surface area contributed by atoms with E-state index in [1.165, 1.54) is 15.8 Å². The number of aliphatic carboxylic acids is 1. The first kappa shape index (κ1) is 14.1. The van der Waals surface area contributed by atoms with E-state index in [9.17, 15) is 9.90 Å². The van der Waals surface area contributed by atoms with Crippen molar-refractivity contribution in [2.24, 2.45) is 0 Å². The first-order chi connectivity index (χ1) is 10.2. The van der Waals surface area contributed by atoms with E-state index in [1.807, 2.05) is 22.8 Å². The molecule has 1 aliphatic heterocycles. The number of carbonyl (C=O) groups excluding carboxylic acids is 1. The predicted octanol–water partition coefficient (Wildman–Crippen LogP) is -0.804. The van der Waals surface area contributed by atoms with Gasteiger partial charge < -0.3 is 24.1 Å². The van der Waals surface area contributed by atoms with E-state index in [0.29, 0.717) is 6.54 Å². The number of benzene rings is 1. The van der Waals surface area contributed by atoms with Gasteiger partial charge in [0.15, 0.2) is 0 Å². The molecule has 112 valence electrons. The van der Waals surface area contributed by atoms with Crippen LogP contribution in [0.3, 0.4) is 0 Å². The third-order valence-electron chi connectivity index (χ3n) is 4.07. The molecular weight excluding hydrogens is 268 g/mol. The lowest BCUT2D eigenvalue weighted by Gasteiger charge is -2.23. The molecule has 3 rings (SSSR count). The van der Waals surface area contributed by atoms with Crippen molar-refractivity contribution in [1.82, 2.24) is 4.57 Å². The number of carboxylic acid groups (broad SMARTS) is 1. The summed E-state index contributed by atoms with van der Waals surface area (Å²) in [5, 5.41) is 11.9. The smallest absolute Gasteiger partial charge is 0.105 e. The summed E-state index contributed by atoms with van der Waals surface area (Å²) in [5.41, 5.74) is 2.38. The minimum atomic E-state index is -1.01. The number of fused-ring (bicyclic) bond motifs is 1. The van der Waals surface area contributed by atoms with E-state index in [4.69, 9.17) is 4.74 Å². The van der Waals surface area contributed by atoms with Crippen molar-refractivity contribution in [1.29, 1.82) is 0 Å². The van der Waals surface area contributed by atoms with Crippen LogP contribution in [0.4, 0.5) is 0 Å². The van der Waals surface area contributed by atoms with Gasteiger partial charge in [0.1, 0.15) is 19.6 Å². The van der Waals surface area contributed by atoms with E-state index in [2.05, 4.69) is 12.3 Å². The molecule has 1 fully saturated rings. The molecule has 2 aromatic rings. The molecule has 0 saturated carbocycles. The van der Waals surface area contributed by atoms with Gasteiger partial charge in [0.25, 0.3) is 0 Å². The minimum absolute atomic E-state index is 0.0442. The molecule has 0 unspecified atom stereocenters. The molecule has 21 heavy (non-hydrogen) atoms. The van der Waals surface area contributed by atoms with Crippen LogP contribution in [0.5, 0.6) is 0 Å². The van der Waals surface area contributed by atoms with Crippen molar-refractivity contribution in [3.8, 4) is 0 Å². The zero-order valence-electron chi connectivity index (χ0n) is 12.0. The molecule has 5 heteroatoms. The van der Waals surface area contributed by atoms with Crippen LogP contribution in [-0.2, 0) is 22.6 Å². The number of carbonyl (C=O) groups is 1. The summed E-state index contributed by atoms with van der Waals surface area (Å²) in [6.07, 6.45) is 2.14. The van der Waals surface area contributed by atoms with Gasteiger partial charge in [-0.15, -0.1) is 0 Å². The number of rotatable bonds is 5. The summed E-state index contributed by atoms with van der Waals surface area (Å²) in [4.78, 5) is 12.2. The maximum absolute atomic E-state index is 10.7. The van der Waals surface area contributed by atoms with Gasteiger partial charge in [0, 0.05) is 41.6 Å². The summed E-state index contributed by atoms with van der Waals surface area (Å²) in [5.74, 6) is -1.01. The standard InChI is InChI=1S/C16H20N2O3/c19-16(20)5-6-18-12-13(11-17-7-9-21-10-8-17)14-3-1-2-4-15(14)18/h1-4,12H,5-11H2,(H,19,20). The van der Waals surface area contributed by atoms with Crippen molar-refractivity contribution < 1.29 is 19.5 Å². The monoisotopic (exact) mass is 288 g/mol. The van der Waals surface area contributed by atoms with Gasteiger partial charge in [-0.25, -0.2) is 0 Å². The predicted molar refractivity (Wildman–Crippen MR) is 76.8 cm³/mol. The molecule has 1 aliphatic rings. The van der Waals surface area contributed by atoms with E-state index in [1.54, 1.807) is 0 Å². The number of carboxylic acids is 1. The second-order valence-electron chi connectivity index (χ2n) is 5.53. The third-order valence-corrected chi connectivity index (χ3v) is 4.07. The van der Waals surface area contributed by atoms with E-state index >= 15 is 0 Å². The van der Waals surface area contributed by atoms with Crippen LogP contribution in [-0.4, -0.2) is 36.8 Å². The van der Waals surface area contributed by atoms with Crippen LogP contribution in [0.25, 0.3) is 10.9 Å². The molecular formula is C16H20N2O3. The van der Waals surface area contributed by atoms with E-state index in [-0.39, 0.29) is 6.42 Å². The molecule has 0 radical (unpaired) electrons. The summed E-state index contributed by atoms with van der Waals surface area (Å²) in [6, 6.07) is 8.18. The zero-order chi connectivity index (χ0) is 14.7. The number of hydrogen-bond donors (Lipinski definition) is 1. The zero-order valence-corrected chi connectivity index (χ0v) is 12.0. The van der Waals surface area contributed by atoms with Gasteiger partial charge in [0.05, 0.1) is 13.2 Å². The van der Waals surface area contributed by atoms with Crippen LogP contribution in [0.15, 0.2) is 30.5 Å². The third kappa shape index (κ3) is 3.25. The summed E-state index contributed by atoms with van der Waals surface area (Å²) < 4.78 is 7.42. The fourth-order valence-corrected chi connectivity index (χ4v) is 2.97. The van der Waals surface area contributed by atoms with Crippen molar-refractivity contribution in [2.75, 3.05) is 26.3 Å². The van der Waals surface area contributed by atoms with Crippen molar-refractivity contribution in [3.05, 3.63) is 36.0 Å². The van der Waals surface area contributed by atoms with Crippen LogP contribution in [0, 0.1) is 0 Å². The second kappa shape index (κ2) is 6.28. The van der Waals surface area contributed by atoms with E-state index < -0.39 is 5.97 Å². The topological polar surface area (TPSA) is 58.7 Å². The Labute approximate surface area is 123 Å². The number of aromatic nitrogens is 1. The highest BCUT2D eigenvalue weighted by Gasteiger charge is 2.17. The number of para-hydroxylation sites is 1. The van der Waals surface area contributed by atoms with Crippen LogP contribution in [0.2, 0.25) is 0 Å². The maximum atomic E-state index is 10.7. The number of nitrogens with one attached hydrogen (secondary N) is 1. The number of morpholine rings is 1. The lowest BCUT2D eigenvalue weighted by molar-refractivity contribution is -0.921. The van der Waals surface area contributed by atoms with Crippen molar-refractivity contribution in [2.45, 2.75) is 19.5 Å². The molecule has 5 nitrogen and oxygen atoms in total. The van der Waals surface area contributed by atoms with Gasteiger partial charge >= 0.3 is 0 Å². The highest BCUT2D eigenvalue weighted by molar-refractivity contribution is 5.84. The molecule has 1 saturated heterocycles. The van der Waals surface area contributed by atoms with E-state index in [0.717, 1.165) is 38.4 Å². The Morgan fingerprint density at radius 2 is 2.05 bits per heavy atom. The summed E-state index contributed by atoms with van der Waals surface area (Å²) >= 11 is 0. The molecule has 0 bridgehead atoms. The van der Waals surface area contributed by atoms with Crippen LogP contribution in [0.1, 0.15) is 12.0 Å². The lowest BCUT2D eigenvalue weighted by Crippen LogP contribution is -3.12. The molecule has 1 N–H and O–H groups in total. The van der Waals surface area contributed by atoms with Gasteiger partial charge in [-0.3, -0.25) is 0 Å². The normalized spacial score (nSPS) is 16.4.